The molecule has 0 radical (unpaired) electrons. The number of sulfone groups is 1. The first-order chi connectivity index (χ1) is 13.0. The van der Waals surface area contributed by atoms with E-state index < -0.39 is 43.9 Å². The maximum absolute atomic E-state index is 13.4. The molecule has 2 aromatic rings. The number of nitriles is 1. The van der Waals surface area contributed by atoms with Gasteiger partial charge in [0.1, 0.15) is 33.8 Å². The van der Waals surface area contributed by atoms with Crippen LogP contribution in [0.4, 0.5) is 23.2 Å². The van der Waals surface area contributed by atoms with Crippen molar-refractivity contribution in [1.82, 2.24) is 0 Å². The largest absolute Gasteiger partial charge is 0.501 e. The molecule has 0 spiro atoms. The monoisotopic (exact) mass is 438 g/mol. The number of alkyl halides is 3. The maximum Gasteiger partial charge on any atom is 0.501 e. The fourth-order valence-electron chi connectivity index (χ4n) is 2.18. The van der Waals surface area contributed by atoms with E-state index in [9.17, 15) is 31.2 Å². The lowest BCUT2D eigenvalue weighted by molar-refractivity contribution is -0.0435. The number of nitrogens with one attached hydrogen (secondary N) is 1. The van der Waals surface area contributed by atoms with Gasteiger partial charge in [-0.1, -0.05) is 11.6 Å². The molecular formula is C16H11ClF4N2O4S. The summed E-state index contributed by atoms with van der Waals surface area (Å²) in [6, 6.07) is 6.07. The Hall–Kier alpha value is -2.55. The van der Waals surface area contributed by atoms with Gasteiger partial charge in [0.05, 0.1) is 12.3 Å². The van der Waals surface area contributed by atoms with Crippen LogP contribution in [0.5, 0.6) is 11.5 Å². The summed E-state index contributed by atoms with van der Waals surface area (Å²) in [5.41, 5.74) is -6.90. The predicted octanol–water partition coefficient (Wildman–Crippen LogP) is 3.84. The average Bonchev–Trinajstić information content (AvgIpc) is 2.57. The molecule has 0 saturated heterocycles. The second-order valence-corrected chi connectivity index (χ2v) is 7.58. The summed E-state index contributed by atoms with van der Waals surface area (Å²) in [5, 5.41) is 20.5. The molecule has 0 unspecified atom stereocenters. The smallest absolute Gasteiger partial charge is 0.456 e. The summed E-state index contributed by atoms with van der Waals surface area (Å²) in [5.74, 6) is -1.28. The van der Waals surface area contributed by atoms with Gasteiger partial charge in [-0.15, -0.1) is 0 Å². The van der Waals surface area contributed by atoms with Crippen molar-refractivity contribution in [1.29, 1.82) is 5.26 Å². The van der Waals surface area contributed by atoms with Crippen LogP contribution < -0.4 is 10.1 Å². The highest BCUT2D eigenvalue weighted by atomic mass is 35.5. The van der Waals surface area contributed by atoms with Crippen molar-refractivity contribution < 1.29 is 35.8 Å². The molecule has 0 atom stereocenters. The molecule has 2 N–H and O–H groups in total. The predicted molar refractivity (Wildman–Crippen MR) is 91.5 cm³/mol. The summed E-state index contributed by atoms with van der Waals surface area (Å²) < 4.78 is 81.3. The lowest BCUT2D eigenvalue weighted by Gasteiger charge is -2.17. The number of aliphatic hydroxyl groups excluding tert-OH is 1. The lowest BCUT2D eigenvalue weighted by atomic mass is 10.1. The van der Waals surface area contributed by atoms with Gasteiger partial charge in [-0.2, -0.15) is 18.4 Å². The van der Waals surface area contributed by atoms with Gasteiger partial charge in [-0.25, -0.2) is 12.8 Å². The number of aliphatic hydroxyl groups is 1. The zero-order valence-electron chi connectivity index (χ0n) is 13.7. The molecule has 0 amide bonds. The van der Waals surface area contributed by atoms with Crippen molar-refractivity contribution in [3.8, 4) is 17.6 Å². The highest BCUT2D eigenvalue weighted by Crippen LogP contribution is 2.40. The Kier molecular flexibility index (Phi) is 6.38. The second-order valence-electron chi connectivity index (χ2n) is 5.23. The number of hydrogen-bond donors (Lipinski definition) is 2. The topological polar surface area (TPSA) is 99.4 Å². The number of benzene rings is 2. The van der Waals surface area contributed by atoms with Crippen molar-refractivity contribution >= 4 is 27.1 Å². The third-order valence-electron chi connectivity index (χ3n) is 3.31. The van der Waals surface area contributed by atoms with Gasteiger partial charge in [0.25, 0.3) is 9.84 Å². The Morgan fingerprint density at radius 3 is 2.46 bits per heavy atom. The van der Waals surface area contributed by atoms with Crippen LogP contribution in [0.15, 0.2) is 35.2 Å². The van der Waals surface area contributed by atoms with E-state index in [4.69, 9.17) is 21.4 Å². The van der Waals surface area contributed by atoms with E-state index in [1.807, 2.05) is 0 Å². The molecule has 0 saturated carbocycles. The first-order valence-electron chi connectivity index (χ1n) is 7.38. The first-order valence-corrected chi connectivity index (χ1v) is 9.24. The molecular weight excluding hydrogens is 428 g/mol. The van der Waals surface area contributed by atoms with Crippen LogP contribution in [0.1, 0.15) is 5.56 Å². The third kappa shape index (κ3) is 4.46. The van der Waals surface area contributed by atoms with Crippen molar-refractivity contribution in [3.05, 3.63) is 46.7 Å². The minimum atomic E-state index is -5.81. The first kappa shape index (κ1) is 21.7. The van der Waals surface area contributed by atoms with Gasteiger partial charge in [0.2, 0.25) is 0 Å². The second kappa shape index (κ2) is 8.22. The third-order valence-corrected chi connectivity index (χ3v) is 5.06. The van der Waals surface area contributed by atoms with Crippen LogP contribution in [0.3, 0.4) is 0 Å². The van der Waals surface area contributed by atoms with E-state index in [-0.39, 0.29) is 23.1 Å². The Balaban J connectivity index is 2.65. The molecule has 2 aromatic carbocycles. The Morgan fingerprint density at radius 1 is 1.25 bits per heavy atom. The number of nitrogens with zero attached hydrogens (tertiary/aromatic N) is 1. The van der Waals surface area contributed by atoms with Gasteiger partial charge >= 0.3 is 5.51 Å². The van der Waals surface area contributed by atoms with E-state index in [2.05, 4.69) is 5.32 Å². The fourth-order valence-corrected chi connectivity index (χ4v) is 3.33. The van der Waals surface area contributed by atoms with Gasteiger partial charge in [-0.05, 0) is 24.3 Å². The molecule has 0 aliphatic rings. The number of halogens is 5. The quantitative estimate of drug-likeness (QED) is 0.665. The van der Waals surface area contributed by atoms with E-state index in [0.29, 0.717) is 6.07 Å². The Morgan fingerprint density at radius 2 is 1.93 bits per heavy atom. The summed E-state index contributed by atoms with van der Waals surface area (Å²) >= 11 is 5.70. The van der Waals surface area contributed by atoms with E-state index in [1.54, 1.807) is 6.07 Å². The fraction of sp³-hybridized carbons (Fsp3) is 0.188. The SMILES string of the molecule is N#Cc1c(Oc2cc(F)cc(Cl)c2)ccc(S(=O)(=O)C(F)(F)F)c1NCCO. The molecule has 0 heterocycles. The number of ether oxygens (including phenoxy) is 1. The number of hydrogen-bond acceptors (Lipinski definition) is 6. The van der Waals surface area contributed by atoms with Crippen LogP contribution in [0.25, 0.3) is 0 Å². The van der Waals surface area contributed by atoms with Crippen LogP contribution in [-0.2, 0) is 9.84 Å². The van der Waals surface area contributed by atoms with Crippen molar-refractivity contribution in [2.45, 2.75) is 10.4 Å². The van der Waals surface area contributed by atoms with E-state index in [1.165, 1.54) is 6.07 Å². The molecule has 0 aliphatic carbocycles. The highest BCUT2D eigenvalue weighted by molar-refractivity contribution is 7.92. The van der Waals surface area contributed by atoms with Crippen LogP contribution >= 0.6 is 11.6 Å². The zero-order valence-corrected chi connectivity index (χ0v) is 15.3. The van der Waals surface area contributed by atoms with Crippen LogP contribution in [-0.4, -0.2) is 32.2 Å². The minimum absolute atomic E-state index is 0.0385. The number of anilines is 1. The summed E-state index contributed by atoms with van der Waals surface area (Å²) in [6.45, 7) is -0.898. The molecule has 28 heavy (non-hydrogen) atoms. The van der Waals surface area contributed by atoms with Gasteiger partial charge in [0.15, 0.2) is 0 Å². The minimum Gasteiger partial charge on any atom is -0.456 e. The van der Waals surface area contributed by atoms with Gasteiger partial charge in [-0.3, -0.25) is 0 Å². The Bertz CT molecular complexity index is 1020. The highest BCUT2D eigenvalue weighted by Gasteiger charge is 2.48. The molecule has 0 fully saturated rings. The standard InChI is InChI=1S/C16H11ClF4N2O4S/c17-9-5-10(18)7-11(6-9)27-13-1-2-14(28(25,26)16(19,20)21)15(12(13)8-22)23-3-4-24/h1-2,5-7,23-24H,3-4H2. The van der Waals surface area contributed by atoms with E-state index in [0.717, 1.165) is 18.2 Å². The molecule has 0 aromatic heterocycles. The zero-order chi connectivity index (χ0) is 21.1. The Labute approximate surface area is 161 Å². The van der Waals surface area contributed by atoms with Crippen molar-refractivity contribution in [3.63, 3.8) is 0 Å². The average molecular weight is 439 g/mol. The summed E-state index contributed by atoms with van der Waals surface area (Å²) in [6.07, 6.45) is 0. The van der Waals surface area contributed by atoms with E-state index >= 15 is 0 Å². The summed E-state index contributed by atoms with van der Waals surface area (Å²) in [4.78, 5) is -1.21. The van der Waals surface area contributed by atoms with Gasteiger partial charge in [0, 0.05) is 17.6 Å². The van der Waals surface area contributed by atoms with Gasteiger partial charge < -0.3 is 15.2 Å². The molecule has 150 valence electrons. The number of rotatable bonds is 6. The maximum atomic E-state index is 13.4. The van der Waals surface area contributed by atoms with Crippen molar-refractivity contribution in [2.75, 3.05) is 18.5 Å². The molecule has 12 heteroatoms. The normalized spacial score (nSPS) is 11.8. The summed E-state index contributed by atoms with van der Waals surface area (Å²) in [7, 11) is -5.81. The molecule has 6 nitrogen and oxygen atoms in total. The van der Waals surface area contributed by atoms with Crippen molar-refractivity contribution in [2.24, 2.45) is 0 Å². The van der Waals surface area contributed by atoms with Crippen LogP contribution in [0, 0.1) is 17.1 Å². The molecule has 2 rings (SSSR count). The molecule has 0 aliphatic heterocycles. The van der Waals surface area contributed by atoms with Crippen LogP contribution in [0.2, 0.25) is 5.02 Å². The lowest BCUT2D eigenvalue weighted by Crippen LogP contribution is -2.25. The molecule has 0 bridgehead atoms.